The number of hydrogen-bond donors (Lipinski definition) is 1. The van der Waals surface area contributed by atoms with Gasteiger partial charge >= 0.3 is 0 Å². The summed E-state index contributed by atoms with van der Waals surface area (Å²) in [6, 6.07) is 21.1. The molecule has 2 amide bonds. The summed E-state index contributed by atoms with van der Waals surface area (Å²) in [4.78, 5) is 28.4. The minimum Gasteiger partial charge on any atom is -0.494 e. The molecule has 1 atom stereocenters. The third kappa shape index (κ3) is 8.32. The number of halogens is 1. The zero-order valence-corrected chi connectivity index (χ0v) is 25.4. The van der Waals surface area contributed by atoms with E-state index in [0.29, 0.717) is 24.6 Å². The normalized spacial score (nSPS) is 11.9. The molecule has 8 nitrogen and oxygen atoms in total. The number of nitrogens with zero attached hydrogens (tertiary/aromatic N) is 2. The van der Waals surface area contributed by atoms with Gasteiger partial charge in [-0.1, -0.05) is 59.6 Å². The lowest BCUT2D eigenvalue weighted by molar-refractivity contribution is -0.139. The highest BCUT2D eigenvalue weighted by molar-refractivity contribution is 9.10. The Morgan fingerprint density at radius 3 is 2.20 bits per heavy atom. The molecular formula is C30H36BrN3O5S. The second-order valence-electron chi connectivity index (χ2n) is 9.22. The summed E-state index contributed by atoms with van der Waals surface area (Å²) >= 11 is 3.42. The molecule has 0 aliphatic heterocycles. The van der Waals surface area contributed by atoms with Crippen LogP contribution in [0.3, 0.4) is 0 Å². The number of carbonyl (C=O) groups excluding carboxylic acids is 2. The summed E-state index contributed by atoms with van der Waals surface area (Å²) in [5.41, 5.74) is 1.12. The van der Waals surface area contributed by atoms with Crippen molar-refractivity contribution in [3.63, 3.8) is 0 Å². The van der Waals surface area contributed by atoms with Crippen LogP contribution in [0.15, 0.2) is 88.2 Å². The van der Waals surface area contributed by atoms with Crippen LogP contribution in [0, 0.1) is 0 Å². The van der Waals surface area contributed by atoms with Crippen molar-refractivity contribution >= 4 is 43.5 Å². The van der Waals surface area contributed by atoms with Crippen molar-refractivity contribution in [2.24, 2.45) is 0 Å². The lowest BCUT2D eigenvalue weighted by Crippen LogP contribution is -2.51. The number of hydrogen-bond acceptors (Lipinski definition) is 5. The molecule has 10 heteroatoms. The molecule has 0 unspecified atom stereocenters. The molecule has 0 saturated carbocycles. The molecule has 0 aliphatic rings. The van der Waals surface area contributed by atoms with Crippen molar-refractivity contribution in [1.82, 2.24) is 10.2 Å². The Bertz CT molecular complexity index is 1350. The number of unbranched alkanes of at least 4 members (excludes halogenated alkanes) is 1. The van der Waals surface area contributed by atoms with Crippen LogP contribution >= 0.6 is 15.9 Å². The van der Waals surface area contributed by atoms with Crippen molar-refractivity contribution in [1.29, 1.82) is 0 Å². The Morgan fingerprint density at radius 2 is 1.60 bits per heavy atom. The van der Waals surface area contributed by atoms with Gasteiger partial charge in [0.15, 0.2) is 0 Å². The van der Waals surface area contributed by atoms with Crippen molar-refractivity contribution in [3.05, 3.63) is 88.9 Å². The summed E-state index contributed by atoms with van der Waals surface area (Å²) in [5.74, 6) is -0.212. The molecule has 1 N–H and O–H groups in total. The largest absolute Gasteiger partial charge is 0.494 e. The van der Waals surface area contributed by atoms with Gasteiger partial charge in [0.1, 0.15) is 18.3 Å². The van der Waals surface area contributed by atoms with Crippen LogP contribution in [0.1, 0.15) is 39.2 Å². The molecule has 0 fully saturated rings. The molecule has 3 rings (SSSR count). The maximum atomic E-state index is 13.9. The van der Waals surface area contributed by atoms with Gasteiger partial charge in [0.2, 0.25) is 11.8 Å². The number of anilines is 1. The van der Waals surface area contributed by atoms with E-state index in [0.717, 1.165) is 27.2 Å². The first kappa shape index (κ1) is 31.2. The lowest BCUT2D eigenvalue weighted by Gasteiger charge is -2.32. The first-order chi connectivity index (χ1) is 19.2. The molecule has 0 heterocycles. The zero-order valence-electron chi connectivity index (χ0n) is 23.0. The average molecular weight is 631 g/mol. The van der Waals surface area contributed by atoms with E-state index in [1.807, 2.05) is 38.1 Å². The van der Waals surface area contributed by atoms with Crippen LogP contribution in [0.2, 0.25) is 0 Å². The Hall–Kier alpha value is -3.37. The highest BCUT2D eigenvalue weighted by Gasteiger charge is 2.32. The highest BCUT2D eigenvalue weighted by Crippen LogP contribution is 2.26. The lowest BCUT2D eigenvalue weighted by atomic mass is 10.1. The predicted molar refractivity (Wildman–Crippen MR) is 161 cm³/mol. The van der Waals surface area contributed by atoms with Gasteiger partial charge in [-0.25, -0.2) is 8.42 Å². The quantitative estimate of drug-likeness (QED) is 0.242. The summed E-state index contributed by atoms with van der Waals surface area (Å²) in [6.45, 7) is 6.16. The zero-order chi connectivity index (χ0) is 29.1. The van der Waals surface area contributed by atoms with Gasteiger partial charge in [-0.05, 0) is 74.4 Å². The second-order valence-corrected chi connectivity index (χ2v) is 12.0. The van der Waals surface area contributed by atoms with Gasteiger partial charge < -0.3 is 15.0 Å². The van der Waals surface area contributed by atoms with E-state index in [1.165, 1.54) is 17.0 Å². The molecule has 3 aromatic rings. The van der Waals surface area contributed by atoms with Gasteiger partial charge in [-0.15, -0.1) is 0 Å². The Kier molecular flexibility index (Phi) is 11.6. The number of sulfonamides is 1. The van der Waals surface area contributed by atoms with Crippen molar-refractivity contribution in [3.8, 4) is 5.75 Å². The van der Waals surface area contributed by atoms with Crippen molar-refractivity contribution < 1.29 is 22.7 Å². The van der Waals surface area contributed by atoms with E-state index in [2.05, 4.69) is 21.2 Å². The van der Waals surface area contributed by atoms with Crippen LogP contribution in [0.5, 0.6) is 5.75 Å². The molecule has 40 heavy (non-hydrogen) atoms. The molecule has 3 aromatic carbocycles. The topological polar surface area (TPSA) is 96.0 Å². The van der Waals surface area contributed by atoms with E-state index in [9.17, 15) is 18.0 Å². The monoisotopic (exact) mass is 629 g/mol. The van der Waals surface area contributed by atoms with Gasteiger partial charge in [0, 0.05) is 17.6 Å². The molecule has 0 spiro atoms. The van der Waals surface area contributed by atoms with E-state index in [4.69, 9.17) is 4.74 Å². The average Bonchev–Trinajstić information content (AvgIpc) is 2.96. The van der Waals surface area contributed by atoms with Crippen LogP contribution in [-0.2, 0) is 26.2 Å². The fourth-order valence-electron chi connectivity index (χ4n) is 4.03. The minimum absolute atomic E-state index is 0.0569. The molecule has 214 valence electrons. The number of rotatable bonds is 14. The summed E-state index contributed by atoms with van der Waals surface area (Å²) in [7, 11) is -4.11. The Morgan fingerprint density at radius 1 is 0.950 bits per heavy atom. The molecule has 0 aliphatic carbocycles. The number of benzene rings is 3. The summed E-state index contributed by atoms with van der Waals surface area (Å²) in [5, 5.41) is 2.89. The fraction of sp³-hybridized carbons (Fsp3) is 0.333. The highest BCUT2D eigenvalue weighted by atomic mass is 79.9. The van der Waals surface area contributed by atoms with Gasteiger partial charge in [0.25, 0.3) is 10.0 Å². The third-order valence-corrected chi connectivity index (χ3v) is 8.63. The maximum absolute atomic E-state index is 13.9. The number of carbonyl (C=O) groups is 2. The molecule has 0 radical (unpaired) electrons. The van der Waals surface area contributed by atoms with Crippen LogP contribution in [0.4, 0.5) is 5.69 Å². The standard InChI is InChI=1S/C30H36BrN3O5S/c1-4-6-20-32-30(36)23(3)33(21-24-12-14-25(31)15-13-24)29(35)22-34(26-16-18-27(19-17-26)39-5-2)40(37,38)28-10-8-7-9-11-28/h7-19,23H,4-6,20-22H2,1-3H3,(H,32,36)/t23-/m0/s1. The molecule has 0 aromatic heterocycles. The fourth-order valence-corrected chi connectivity index (χ4v) is 5.73. The SMILES string of the molecule is CCCCNC(=O)[C@H](C)N(Cc1ccc(Br)cc1)C(=O)CN(c1ccc(OCC)cc1)S(=O)(=O)c1ccccc1. The van der Waals surface area contributed by atoms with E-state index in [-0.39, 0.29) is 17.3 Å². The van der Waals surface area contributed by atoms with Crippen LogP contribution in [0.25, 0.3) is 0 Å². The van der Waals surface area contributed by atoms with Gasteiger partial charge in [-0.2, -0.15) is 0 Å². The summed E-state index contributed by atoms with van der Waals surface area (Å²) < 4.78 is 35.1. The minimum atomic E-state index is -4.11. The van der Waals surface area contributed by atoms with E-state index >= 15 is 0 Å². The number of amides is 2. The first-order valence-electron chi connectivity index (χ1n) is 13.3. The Labute approximate surface area is 245 Å². The van der Waals surface area contributed by atoms with Crippen molar-refractivity contribution in [2.45, 2.75) is 51.1 Å². The smallest absolute Gasteiger partial charge is 0.264 e. The summed E-state index contributed by atoms with van der Waals surface area (Å²) in [6.07, 6.45) is 1.74. The predicted octanol–water partition coefficient (Wildman–Crippen LogP) is 5.38. The van der Waals surface area contributed by atoms with E-state index in [1.54, 1.807) is 49.4 Å². The second kappa shape index (κ2) is 14.9. The third-order valence-electron chi connectivity index (χ3n) is 6.31. The Balaban J connectivity index is 1.98. The maximum Gasteiger partial charge on any atom is 0.264 e. The molecule has 0 bridgehead atoms. The van der Waals surface area contributed by atoms with Gasteiger partial charge in [0.05, 0.1) is 17.2 Å². The van der Waals surface area contributed by atoms with Crippen LogP contribution < -0.4 is 14.4 Å². The van der Waals surface area contributed by atoms with Crippen molar-refractivity contribution in [2.75, 3.05) is 24.0 Å². The molecular weight excluding hydrogens is 594 g/mol. The number of nitrogens with one attached hydrogen (secondary N) is 1. The first-order valence-corrected chi connectivity index (χ1v) is 15.5. The van der Waals surface area contributed by atoms with E-state index < -0.39 is 28.5 Å². The molecule has 0 saturated heterocycles. The van der Waals surface area contributed by atoms with Crippen LogP contribution in [-0.4, -0.2) is 50.9 Å². The van der Waals surface area contributed by atoms with Gasteiger partial charge in [-0.3, -0.25) is 13.9 Å². The number of ether oxygens (including phenoxy) is 1.